The van der Waals surface area contributed by atoms with Crippen LogP contribution in [0.4, 0.5) is 0 Å². The summed E-state index contributed by atoms with van der Waals surface area (Å²) < 4.78 is 24.5. The van der Waals surface area contributed by atoms with E-state index in [9.17, 15) is 13.2 Å². The molecule has 1 aliphatic heterocycles. The van der Waals surface area contributed by atoms with Crippen molar-refractivity contribution in [1.82, 2.24) is 0 Å². The summed E-state index contributed by atoms with van der Waals surface area (Å²) in [5.41, 5.74) is 4.55. The van der Waals surface area contributed by atoms with Gasteiger partial charge in [-0.3, -0.25) is 4.79 Å². The third-order valence-electron chi connectivity index (χ3n) is 4.17. The molecule has 4 heteroatoms. The zero-order chi connectivity index (χ0) is 18.0. The van der Waals surface area contributed by atoms with Crippen molar-refractivity contribution in [3.63, 3.8) is 0 Å². The van der Waals surface area contributed by atoms with Crippen LogP contribution in [0.5, 0.6) is 0 Å². The quantitative estimate of drug-likeness (QED) is 0.773. The van der Waals surface area contributed by atoms with Crippen molar-refractivity contribution in [3.05, 3.63) is 81.9 Å². The number of carbonyl (C=O) groups is 1. The Hall–Kier alpha value is -2.46. The van der Waals surface area contributed by atoms with Gasteiger partial charge in [0.2, 0.25) is 0 Å². The number of Topliss-reactive ketones (excluding diaryl/α,β-unsaturated/α-hetero) is 1. The van der Waals surface area contributed by atoms with Crippen molar-refractivity contribution in [1.29, 1.82) is 0 Å². The molecule has 0 saturated carbocycles. The van der Waals surface area contributed by atoms with Crippen molar-refractivity contribution in [2.45, 2.75) is 13.8 Å². The first-order chi connectivity index (χ1) is 11.8. The molecule has 0 bridgehead atoms. The molecule has 0 atom stereocenters. The van der Waals surface area contributed by atoms with E-state index in [4.69, 9.17) is 0 Å². The van der Waals surface area contributed by atoms with Crippen LogP contribution in [0.3, 0.4) is 0 Å². The highest BCUT2D eigenvalue weighted by Gasteiger charge is 2.30. The number of aryl methyl sites for hydroxylation is 2. The molecule has 1 fully saturated rings. The van der Waals surface area contributed by atoms with E-state index >= 15 is 0 Å². The topological polar surface area (TPSA) is 51.2 Å². The van der Waals surface area contributed by atoms with Gasteiger partial charge < -0.3 is 0 Å². The highest BCUT2D eigenvalue weighted by atomic mass is 32.2. The maximum absolute atomic E-state index is 12.8. The van der Waals surface area contributed by atoms with Crippen molar-refractivity contribution >= 4 is 27.8 Å². The molecule has 0 aliphatic carbocycles. The van der Waals surface area contributed by atoms with Crippen LogP contribution in [0.25, 0.3) is 12.2 Å². The molecule has 3 rings (SSSR count). The molecule has 25 heavy (non-hydrogen) atoms. The lowest BCUT2D eigenvalue weighted by molar-refractivity contribution is -0.112. The van der Waals surface area contributed by atoms with E-state index in [0.717, 1.165) is 22.3 Å². The monoisotopic (exact) mass is 352 g/mol. The highest BCUT2D eigenvalue weighted by molar-refractivity contribution is 7.92. The van der Waals surface area contributed by atoms with Gasteiger partial charge in [0.25, 0.3) is 0 Å². The minimum atomic E-state index is -3.33. The predicted molar refractivity (Wildman–Crippen MR) is 102 cm³/mol. The first-order valence-electron chi connectivity index (χ1n) is 8.12. The van der Waals surface area contributed by atoms with E-state index in [1.54, 1.807) is 12.2 Å². The molecule has 0 unspecified atom stereocenters. The van der Waals surface area contributed by atoms with Gasteiger partial charge >= 0.3 is 0 Å². The number of hydrogen-bond donors (Lipinski definition) is 0. The number of rotatable bonds is 2. The summed E-state index contributed by atoms with van der Waals surface area (Å²) in [4.78, 5) is 12.8. The Bertz CT molecular complexity index is 887. The molecule has 3 nitrogen and oxygen atoms in total. The van der Waals surface area contributed by atoms with Gasteiger partial charge in [-0.15, -0.1) is 0 Å². The summed E-state index contributed by atoms with van der Waals surface area (Å²) in [7, 11) is -3.33. The molecule has 128 valence electrons. The molecule has 1 saturated heterocycles. The lowest BCUT2D eigenvalue weighted by Crippen LogP contribution is -2.28. The molecular weight excluding hydrogens is 332 g/mol. The zero-order valence-electron chi connectivity index (χ0n) is 14.3. The van der Waals surface area contributed by atoms with E-state index in [1.165, 1.54) is 0 Å². The summed E-state index contributed by atoms with van der Waals surface area (Å²) in [6.07, 6.45) is 3.36. The van der Waals surface area contributed by atoms with Crippen molar-refractivity contribution in [3.8, 4) is 0 Å². The molecule has 1 aliphatic rings. The SMILES string of the molecule is Cc1ccc(C=C2CS(=O)(=O)CC(=Cc3ccc(C)cc3)C2=O)cc1. The molecule has 2 aromatic carbocycles. The summed E-state index contributed by atoms with van der Waals surface area (Å²) in [6, 6.07) is 15.3. The minimum Gasteiger partial charge on any atom is -0.289 e. The third kappa shape index (κ3) is 4.34. The van der Waals surface area contributed by atoms with E-state index in [0.29, 0.717) is 11.1 Å². The highest BCUT2D eigenvalue weighted by Crippen LogP contribution is 2.24. The second-order valence-electron chi connectivity index (χ2n) is 6.52. The average molecular weight is 352 g/mol. The largest absolute Gasteiger partial charge is 0.289 e. The lowest BCUT2D eigenvalue weighted by atomic mass is 10.00. The van der Waals surface area contributed by atoms with Crippen molar-refractivity contribution < 1.29 is 13.2 Å². The molecule has 0 amide bonds. The predicted octanol–water partition coefficient (Wildman–Crippen LogP) is 3.77. The van der Waals surface area contributed by atoms with Gasteiger partial charge in [0, 0.05) is 11.1 Å². The maximum atomic E-state index is 12.8. The molecule has 1 heterocycles. The van der Waals surface area contributed by atoms with Gasteiger partial charge in [-0.1, -0.05) is 59.7 Å². The van der Waals surface area contributed by atoms with E-state index in [2.05, 4.69) is 0 Å². The van der Waals surface area contributed by atoms with Crippen LogP contribution in [-0.4, -0.2) is 25.7 Å². The Morgan fingerprint density at radius 3 is 1.44 bits per heavy atom. The van der Waals surface area contributed by atoms with E-state index in [-0.39, 0.29) is 17.3 Å². The molecule has 0 radical (unpaired) electrons. The van der Waals surface area contributed by atoms with Gasteiger partial charge in [-0.2, -0.15) is 0 Å². The number of ketones is 1. The Labute approximate surface area is 148 Å². The first-order valence-corrected chi connectivity index (χ1v) is 9.94. The smallest absolute Gasteiger partial charge is 0.187 e. The first kappa shape index (κ1) is 17.4. The molecule has 2 aromatic rings. The van der Waals surface area contributed by atoms with Gasteiger partial charge in [-0.05, 0) is 37.1 Å². The second kappa shape index (κ2) is 6.81. The molecule has 0 aromatic heterocycles. The fourth-order valence-electron chi connectivity index (χ4n) is 2.80. The molecular formula is C21H20O3S. The Kier molecular flexibility index (Phi) is 4.73. The number of sulfone groups is 1. The number of hydrogen-bond acceptors (Lipinski definition) is 3. The van der Waals surface area contributed by atoms with E-state index < -0.39 is 9.84 Å². The van der Waals surface area contributed by atoms with Crippen LogP contribution in [0.2, 0.25) is 0 Å². The van der Waals surface area contributed by atoms with E-state index in [1.807, 2.05) is 62.4 Å². The fourth-order valence-corrected chi connectivity index (χ4v) is 4.28. The molecule has 0 N–H and O–H groups in total. The Morgan fingerprint density at radius 1 is 0.720 bits per heavy atom. The van der Waals surface area contributed by atoms with Crippen LogP contribution in [0.15, 0.2) is 59.7 Å². The van der Waals surface area contributed by atoms with Crippen LogP contribution >= 0.6 is 0 Å². The van der Waals surface area contributed by atoms with Crippen LogP contribution in [-0.2, 0) is 14.6 Å². The fraction of sp³-hybridized carbons (Fsp3) is 0.190. The van der Waals surface area contributed by atoms with Gasteiger partial charge in [0.1, 0.15) is 0 Å². The van der Waals surface area contributed by atoms with Crippen LogP contribution < -0.4 is 0 Å². The normalized spacial score (nSPS) is 20.2. The maximum Gasteiger partial charge on any atom is 0.187 e. The van der Waals surface area contributed by atoms with Crippen molar-refractivity contribution in [2.75, 3.05) is 11.5 Å². The third-order valence-corrected chi connectivity index (χ3v) is 5.67. The lowest BCUT2D eigenvalue weighted by Gasteiger charge is -2.17. The standard InChI is InChI=1S/C21H20O3S/c1-15-3-7-17(8-4-15)11-19-13-25(23,24)14-20(21(19)22)12-18-9-5-16(2)6-10-18/h3-12H,13-14H2,1-2H3. The zero-order valence-corrected chi connectivity index (χ0v) is 15.1. The van der Waals surface area contributed by atoms with Gasteiger partial charge in [0.05, 0.1) is 11.5 Å². The van der Waals surface area contributed by atoms with Gasteiger partial charge in [-0.25, -0.2) is 8.42 Å². The van der Waals surface area contributed by atoms with Crippen molar-refractivity contribution in [2.24, 2.45) is 0 Å². The summed E-state index contributed by atoms with van der Waals surface area (Å²) in [5, 5.41) is 0. The second-order valence-corrected chi connectivity index (χ2v) is 8.59. The Morgan fingerprint density at radius 2 is 1.08 bits per heavy atom. The molecule has 0 spiro atoms. The number of benzene rings is 2. The minimum absolute atomic E-state index is 0.184. The summed E-state index contributed by atoms with van der Waals surface area (Å²) in [6.45, 7) is 3.96. The average Bonchev–Trinajstić information content (AvgIpc) is 2.55. The summed E-state index contributed by atoms with van der Waals surface area (Å²) in [5.74, 6) is -0.591. The van der Waals surface area contributed by atoms with Gasteiger partial charge in [0.15, 0.2) is 15.6 Å². The number of carbonyl (C=O) groups excluding carboxylic acids is 1. The van der Waals surface area contributed by atoms with Crippen LogP contribution in [0, 0.1) is 13.8 Å². The Balaban J connectivity index is 1.99. The van der Waals surface area contributed by atoms with Crippen LogP contribution in [0.1, 0.15) is 22.3 Å². The summed E-state index contributed by atoms with van der Waals surface area (Å²) >= 11 is 0.